The van der Waals surface area contributed by atoms with Crippen LogP contribution in [-0.2, 0) is 0 Å². The van der Waals surface area contributed by atoms with Crippen molar-refractivity contribution in [3.63, 3.8) is 0 Å². The van der Waals surface area contributed by atoms with Gasteiger partial charge < -0.3 is 15.7 Å². The molecule has 0 saturated carbocycles. The maximum absolute atomic E-state index is 10.8. The highest BCUT2D eigenvalue weighted by Gasteiger charge is 2.04. The van der Waals surface area contributed by atoms with E-state index in [0.29, 0.717) is 11.0 Å². The van der Waals surface area contributed by atoms with Crippen molar-refractivity contribution in [1.82, 2.24) is 0 Å². The summed E-state index contributed by atoms with van der Waals surface area (Å²) in [4.78, 5) is 10.8. The van der Waals surface area contributed by atoms with E-state index in [1.54, 1.807) is 12.1 Å². The number of benzene rings is 2. The summed E-state index contributed by atoms with van der Waals surface area (Å²) in [6.07, 6.45) is 0. The maximum Gasteiger partial charge on any atom is 0.335 e. The summed E-state index contributed by atoms with van der Waals surface area (Å²) in [5.74, 6) is -0.454. The van der Waals surface area contributed by atoms with Crippen molar-refractivity contribution in [2.75, 3.05) is 10.6 Å². The fraction of sp³-hybridized carbons (Fsp3) is 0.176. The Balaban J connectivity index is 1.96. The van der Waals surface area contributed by atoms with E-state index in [2.05, 4.69) is 36.6 Å². The van der Waals surface area contributed by atoms with Crippen LogP contribution in [0.3, 0.4) is 0 Å². The van der Waals surface area contributed by atoms with E-state index >= 15 is 0 Å². The van der Waals surface area contributed by atoms with Crippen molar-refractivity contribution in [3.05, 3.63) is 59.7 Å². The topological polar surface area (TPSA) is 61.4 Å². The lowest BCUT2D eigenvalue weighted by molar-refractivity contribution is 0.0697. The lowest BCUT2D eigenvalue weighted by atomic mass is 10.0. The number of hydrogen-bond acceptors (Lipinski definition) is 2. The lowest BCUT2D eigenvalue weighted by Crippen LogP contribution is -2.19. The van der Waals surface area contributed by atoms with Gasteiger partial charge in [-0.05, 0) is 60.1 Å². The first-order valence-electron chi connectivity index (χ1n) is 6.97. The predicted octanol–water partition coefficient (Wildman–Crippen LogP) is 4.32. The first kappa shape index (κ1) is 16.0. The Hall–Kier alpha value is -2.40. The van der Waals surface area contributed by atoms with Crippen molar-refractivity contribution in [1.29, 1.82) is 0 Å². The lowest BCUT2D eigenvalue weighted by Gasteiger charge is -2.12. The Morgan fingerprint density at radius 3 is 1.82 bits per heavy atom. The smallest absolute Gasteiger partial charge is 0.335 e. The van der Waals surface area contributed by atoms with E-state index in [9.17, 15) is 4.79 Å². The van der Waals surface area contributed by atoms with E-state index in [1.807, 2.05) is 12.1 Å². The third kappa shape index (κ3) is 4.30. The van der Waals surface area contributed by atoms with Gasteiger partial charge in [-0.15, -0.1) is 0 Å². The van der Waals surface area contributed by atoms with Crippen LogP contribution in [0.4, 0.5) is 11.4 Å². The highest BCUT2D eigenvalue weighted by Crippen LogP contribution is 2.17. The standard InChI is InChI=1S/C17H18N2O2S/c1-11(2)12-3-7-14(8-4-12)18-17(22)19-15-9-5-13(6-10-15)16(20)21/h3-11H,1-2H3,(H,20,21)(H2,18,19,22). The minimum absolute atomic E-state index is 0.244. The van der Waals surface area contributed by atoms with Gasteiger partial charge in [0.1, 0.15) is 0 Å². The van der Waals surface area contributed by atoms with Crippen LogP contribution in [-0.4, -0.2) is 16.2 Å². The highest BCUT2D eigenvalue weighted by molar-refractivity contribution is 7.80. The van der Waals surface area contributed by atoms with Gasteiger partial charge in [0.15, 0.2) is 5.11 Å². The molecule has 0 unspecified atom stereocenters. The number of carboxylic acid groups (broad SMARTS) is 1. The number of carbonyl (C=O) groups is 1. The molecule has 0 bridgehead atoms. The Morgan fingerprint density at radius 1 is 0.955 bits per heavy atom. The second kappa shape index (κ2) is 7.04. The van der Waals surface area contributed by atoms with Gasteiger partial charge in [0.2, 0.25) is 0 Å². The Bertz CT molecular complexity index is 664. The largest absolute Gasteiger partial charge is 0.478 e. The van der Waals surface area contributed by atoms with E-state index in [-0.39, 0.29) is 5.56 Å². The molecule has 0 saturated heterocycles. The van der Waals surface area contributed by atoms with Gasteiger partial charge in [-0.2, -0.15) is 0 Å². The zero-order valence-electron chi connectivity index (χ0n) is 12.5. The maximum atomic E-state index is 10.8. The summed E-state index contributed by atoms with van der Waals surface area (Å²) in [7, 11) is 0. The minimum Gasteiger partial charge on any atom is -0.478 e. The van der Waals surface area contributed by atoms with Crippen LogP contribution in [0.5, 0.6) is 0 Å². The first-order valence-corrected chi connectivity index (χ1v) is 7.38. The molecule has 4 nitrogen and oxygen atoms in total. The number of aromatic carboxylic acids is 1. The van der Waals surface area contributed by atoms with E-state index in [4.69, 9.17) is 17.3 Å². The predicted molar refractivity (Wildman–Crippen MR) is 93.8 cm³/mol. The fourth-order valence-electron chi connectivity index (χ4n) is 1.94. The Labute approximate surface area is 135 Å². The van der Waals surface area contributed by atoms with Crippen LogP contribution in [0, 0.1) is 0 Å². The Kier molecular flexibility index (Phi) is 5.12. The molecule has 0 atom stereocenters. The third-order valence-electron chi connectivity index (χ3n) is 3.22. The van der Waals surface area contributed by atoms with Crippen molar-refractivity contribution >= 4 is 34.7 Å². The normalized spacial score (nSPS) is 10.3. The average molecular weight is 314 g/mol. The SMILES string of the molecule is CC(C)c1ccc(NC(=S)Nc2ccc(C(=O)O)cc2)cc1. The zero-order chi connectivity index (χ0) is 16.1. The average Bonchev–Trinajstić information content (AvgIpc) is 2.48. The molecule has 0 aromatic heterocycles. The number of rotatable bonds is 4. The van der Waals surface area contributed by atoms with E-state index in [1.165, 1.54) is 17.7 Å². The first-order chi connectivity index (χ1) is 10.5. The summed E-state index contributed by atoms with van der Waals surface area (Å²) in [5, 5.41) is 15.4. The van der Waals surface area contributed by atoms with Gasteiger partial charge in [-0.25, -0.2) is 4.79 Å². The van der Waals surface area contributed by atoms with Crippen molar-refractivity contribution < 1.29 is 9.90 Å². The second-order valence-corrected chi connectivity index (χ2v) is 5.65. The fourth-order valence-corrected chi connectivity index (χ4v) is 2.18. The monoisotopic (exact) mass is 314 g/mol. The molecule has 3 N–H and O–H groups in total. The van der Waals surface area contributed by atoms with Gasteiger partial charge in [0.25, 0.3) is 0 Å². The summed E-state index contributed by atoms with van der Waals surface area (Å²) in [5.41, 5.74) is 3.16. The van der Waals surface area contributed by atoms with Gasteiger partial charge in [0, 0.05) is 11.4 Å². The summed E-state index contributed by atoms with van der Waals surface area (Å²) < 4.78 is 0. The van der Waals surface area contributed by atoms with Gasteiger partial charge in [-0.1, -0.05) is 26.0 Å². The molecule has 2 aromatic carbocycles. The van der Waals surface area contributed by atoms with Crippen LogP contribution >= 0.6 is 12.2 Å². The van der Waals surface area contributed by atoms with Crippen molar-refractivity contribution in [2.24, 2.45) is 0 Å². The molecule has 114 valence electrons. The van der Waals surface area contributed by atoms with Gasteiger partial charge in [-0.3, -0.25) is 0 Å². The van der Waals surface area contributed by atoms with E-state index in [0.717, 1.165) is 11.4 Å². The molecule has 0 spiro atoms. The Morgan fingerprint density at radius 2 is 1.41 bits per heavy atom. The van der Waals surface area contributed by atoms with Crippen LogP contribution in [0.15, 0.2) is 48.5 Å². The number of hydrogen-bond donors (Lipinski definition) is 3. The molecule has 0 aliphatic rings. The number of thiocarbonyl (C=S) groups is 1. The molecule has 0 amide bonds. The summed E-state index contributed by atoms with van der Waals surface area (Å²) in [6, 6.07) is 14.5. The molecule has 0 aliphatic carbocycles. The van der Waals surface area contributed by atoms with Crippen molar-refractivity contribution in [2.45, 2.75) is 19.8 Å². The quantitative estimate of drug-likeness (QED) is 0.734. The number of carboxylic acids is 1. The summed E-state index contributed by atoms with van der Waals surface area (Å²) in [6.45, 7) is 4.30. The molecule has 0 fully saturated rings. The van der Waals surface area contributed by atoms with Crippen molar-refractivity contribution in [3.8, 4) is 0 Å². The molecular formula is C17H18N2O2S. The molecule has 0 aliphatic heterocycles. The molecule has 0 heterocycles. The number of anilines is 2. The van der Waals surface area contributed by atoms with Crippen LogP contribution < -0.4 is 10.6 Å². The summed E-state index contributed by atoms with van der Waals surface area (Å²) >= 11 is 5.25. The third-order valence-corrected chi connectivity index (χ3v) is 3.43. The highest BCUT2D eigenvalue weighted by atomic mass is 32.1. The van der Waals surface area contributed by atoms with Crippen LogP contribution in [0.25, 0.3) is 0 Å². The van der Waals surface area contributed by atoms with Gasteiger partial charge in [0.05, 0.1) is 5.56 Å². The van der Waals surface area contributed by atoms with Crippen LogP contribution in [0.2, 0.25) is 0 Å². The number of nitrogens with one attached hydrogen (secondary N) is 2. The second-order valence-electron chi connectivity index (χ2n) is 5.24. The molecular weight excluding hydrogens is 296 g/mol. The minimum atomic E-state index is -0.947. The molecule has 2 aromatic rings. The van der Waals surface area contributed by atoms with E-state index < -0.39 is 5.97 Å². The molecule has 2 rings (SSSR count). The van der Waals surface area contributed by atoms with Gasteiger partial charge >= 0.3 is 5.97 Å². The van der Waals surface area contributed by atoms with Crippen LogP contribution in [0.1, 0.15) is 35.7 Å². The zero-order valence-corrected chi connectivity index (χ0v) is 13.3. The molecule has 5 heteroatoms. The molecule has 0 radical (unpaired) electrons. The molecule has 22 heavy (non-hydrogen) atoms.